The van der Waals surface area contributed by atoms with Crippen molar-refractivity contribution in [1.29, 1.82) is 0 Å². The van der Waals surface area contributed by atoms with Crippen LogP contribution in [0.1, 0.15) is 20.3 Å². The number of hydrogen-bond donors (Lipinski definition) is 1. The van der Waals surface area contributed by atoms with Gasteiger partial charge in [-0.1, -0.05) is 26.0 Å². The fourth-order valence-corrected chi connectivity index (χ4v) is 1.86. The van der Waals surface area contributed by atoms with E-state index >= 15 is 0 Å². The molecule has 6 heteroatoms. The van der Waals surface area contributed by atoms with E-state index < -0.39 is 11.9 Å². The zero-order valence-electron chi connectivity index (χ0n) is 12.7. The molecule has 0 aromatic heterocycles. The molecule has 120 valence electrons. The first-order valence-corrected chi connectivity index (χ1v) is 6.79. The van der Waals surface area contributed by atoms with E-state index in [1.165, 1.54) is 11.0 Å². The predicted molar refractivity (Wildman–Crippen MR) is 84.2 cm³/mol. The van der Waals surface area contributed by atoms with Gasteiger partial charge in [-0.3, -0.25) is 4.79 Å². The largest absolute Gasteiger partial charge is 0.489 e. The zero-order valence-corrected chi connectivity index (χ0v) is 13.5. The second-order valence-electron chi connectivity index (χ2n) is 5.27. The van der Waals surface area contributed by atoms with Gasteiger partial charge < -0.3 is 15.4 Å². The Balaban J connectivity index is 0.00000400. The smallest absolute Gasteiger partial charge is 0.239 e. The lowest BCUT2D eigenvalue weighted by molar-refractivity contribution is -0.132. The highest BCUT2D eigenvalue weighted by Crippen LogP contribution is 2.15. The average Bonchev–Trinajstić information content (AvgIpc) is 2.39. The van der Waals surface area contributed by atoms with Crippen molar-refractivity contribution in [2.45, 2.75) is 26.3 Å². The molecule has 1 aromatic rings. The van der Waals surface area contributed by atoms with Gasteiger partial charge in [-0.15, -0.1) is 12.4 Å². The lowest BCUT2D eigenvalue weighted by Gasteiger charge is -2.22. The van der Waals surface area contributed by atoms with E-state index in [1.807, 2.05) is 13.8 Å². The van der Waals surface area contributed by atoms with Crippen LogP contribution in [0, 0.1) is 11.7 Å². The number of nitrogens with zero attached hydrogens (tertiary/aromatic N) is 1. The third kappa shape index (κ3) is 6.78. The van der Waals surface area contributed by atoms with Gasteiger partial charge in [0.15, 0.2) is 11.6 Å². The van der Waals surface area contributed by atoms with Crippen molar-refractivity contribution in [3.8, 4) is 5.75 Å². The first kappa shape index (κ1) is 19.7. The SMILES string of the molecule is CC(C)C[C@H](N)C(=O)N(C)CCOc1ccccc1F.Cl. The van der Waals surface area contributed by atoms with E-state index in [1.54, 1.807) is 25.2 Å². The second-order valence-corrected chi connectivity index (χ2v) is 5.27. The van der Waals surface area contributed by atoms with Crippen LogP contribution < -0.4 is 10.5 Å². The lowest BCUT2D eigenvalue weighted by Crippen LogP contribution is -2.43. The molecule has 0 aliphatic heterocycles. The van der Waals surface area contributed by atoms with Crippen LogP contribution in [0.4, 0.5) is 4.39 Å². The standard InChI is InChI=1S/C15H23FN2O2.ClH/c1-11(2)10-13(17)15(19)18(3)8-9-20-14-7-5-4-6-12(14)16;/h4-7,11,13H,8-10,17H2,1-3H3;1H/t13-;/m0./s1. The Labute approximate surface area is 131 Å². The second kappa shape index (κ2) is 9.58. The van der Waals surface area contributed by atoms with E-state index in [-0.39, 0.29) is 30.7 Å². The molecule has 0 aliphatic rings. The van der Waals surface area contributed by atoms with E-state index in [2.05, 4.69) is 0 Å². The number of likely N-dealkylation sites (N-methyl/N-ethyl adjacent to an activating group) is 1. The topological polar surface area (TPSA) is 55.6 Å². The van der Waals surface area contributed by atoms with E-state index in [4.69, 9.17) is 10.5 Å². The van der Waals surface area contributed by atoms with Crippen LogP contribution in [0.5, 0.6) is 5.75 Å². The van der Waals surface area contributed by atoms with Crippen molar-refractivity contribution in [3.05, 3.63) is 30.1 Å². The number of ether oxygens (including phenoxy) is 1. The average molecular weight is 319 g/mol. The number of amides is 1. The predicted octanol–water partition coefficient (Wildman–Crippen LogP) is 2.46. The van der Waals surface area contributed by atoms with Crippen LogP contribution in [-0.2, 0) is 4.79 Å². The molecule has 0 bridgehead atoms. The molecule has 0 saturated carbocycles. The number of para-hydroxylation sites is 1. The van der Waals surface area contributed by atoms with Crippen molar-refractivity contribution in [2.24, 2.45) is 11.7 Å². The number of hydrogen-bond acceptors (Lipinski definition) is 3. The van der Waals surface area contributed by atoms with E-state index in [0.717, 1.165) is 0 Å². The normalized spacial score (nSPS) is 11.7. The van der Waals surface area contributed by atoms with E-state index in [0.29, 0.717) is 18.9 Å². The number of rotatable bonds is 7. The van der Waals surface area contributed by atoms with Crippen LogP contribution in [0.3, 0.4) is 0 Å². The van der Waals surface area contributed by atoms with Gasteiger partial charge in [-0.2, -0.15) is 0 Å². The van der Waals surface area contributed by atoms with Crippen LogP contribution in [0.2, 0.25) is 0 Å². The monoisotopic (exact) mass is 318 g/mol. The molecule has 0 spiro atoms. The highest BCUT2D eigenvalue weighted by molar-refractivity contribution is 5.85. The molecular weight excluding hydrogens is 295 g/mol. The number of carbonyl (C=O) groups excluding carboxylic acids is 1. The fraction of sp³-hybridized carbons (Fsp3) is 0.533. The van der Waals surface area contributed by atoms with Crippen LogP contribution in [-0.4, -0.2) is 37.0 Å². The van der Waals surface area contributed by atoms with Crippen LogP contribution in [0.15, 0.2) is 24.3 Å². The Morgan fingerprint density at radius 1 is 1.38 bits per heavy atom. The summed E-state index contributed by atoms with van der Waals surface area (Å²) in [6, 6.07) is 5.70. The van der Waals surface area contributed by atoms with Crippen molar-refractivity contribution >= 4 is 18.3 Å². The van der Waals surface area contributed by atoms with Gasteiger partial charge >= 0.3 is 0 Å². The Morgan fingerprint density at radius 2 is 2.00 bits per heavy atom. The lowest BCUT2D eigenvalue weighted by atomic mass is 10.0. The summed E-state index contributed by atoms with van der Waals surface area (Å²) in [4.78, 5) is 13.5. The summed E-state index contributed by atoms with van der Waals surface area (Å²) in [6.07, 6.45) is 0.650. The van der Waals surface area contributed by atoms with Gasteiger partial charge in [0.25, 0.3) is 0 Å². The molecule has 1 rings (SSSR count). The molecule has 1 aromatic carbocycles. The Morgan fingerprint density at radius 3 is 2.57 bits per heavy atom. The summed E-state index contributed by atoms with van der Waals surface area (Å²) < 4.78 is 18.6. The van der Waals surface area contributed by atoms with Gasteiger partial charge in [0.2, 0.25) is 5.91 Å². The van der Waals surface area contributed by atoms with Crippen molar-refractivity contribution in [3.63, 3.8) is 0 Å². The summed E-state index contributed by atoms with van der Waals surface area (Å²) in [6.45, 7) is 4.65. The van der Waals surface area contributed by atoms with Gasteiger partial charge in [0.05, 0.1) is 12.6 Å². The molecule has 0 radical (unpaired) electrons. The third-order valence-electron chi connectivity index (χ3n) is 2.94. The third-order valence-corrected chi connectivity index (χ3v) is 2.94. The van der Waals surface area contributed by atoms with Crippen molar-refractivity contribution in [2.75, 3.05) is 20.2 Å². The minimum Gasteiger partial charge on any atom is -0.489 e. The molecule has 1 amide bonds. The molecule has 0 fully saturated rings. The van der Waals surface area contributed by atoms with Crippen molar-refractivity contribution < 1.29 is 13.9 Å². The molecular formula is C15H24ClFN2O2. The quantitative estimate of drug-likeness (QED) is 0.840. The minimum atomic E-state index is -0.492. The number of benzene rings is 1. The van der Waals surface area contributed by atoms with E-state index in [9.17, 15) is 9.18 Å². The van der Waals surface area contributed by atoms with Gasteiger partial charge in [-0.05, 0) is 24.5 Å². The molecule has 4 nitrogen and oxygen atoms in total. The maximum absolute atomic E-state index is 13.3. The summed E-state index contributed by atoms with van der Waals surface area (Å²) in [5, 5.41) is 0. The molecule has 0 saturated heterocycles. The Kier molecular flexibility index (Phi) is 8.97. The highest BCUT2D eigenvalue weighted by Gasteiger charge is 2.18. The molecule has 0 heterocycles. The molecule has 1 atom stereocenters. The minimum absolute atomic E-state index is 0. The first-order chi connectivity index (χ1) is 9.41. The van der Waals surface area contributed by atoms with Crippen LogP contribution in [0.25, 0.3) is 0 Å². The Hall–Kier alpha value is -1.33. The maximum atomic E-state index is 13.3. The summed E-state index contributed by atoms with van der Waals surface area (Å²) >= 11 is 0. The molecule has 0 unspecified atom stereocenters. The Bertz CT molecular complexity index is 443. The summed E-state index contributed by atoms with van der Waals surface area (Å²) in [5.74, 6) is 0.0469. The van der Waals surface area contributed by atoms with Crippen molar-refractivity contribution in [1.82, 2.24) is 4.90 Å². The molecule has 0 aliphatic carbocycles. The fourth-order valence-electron chi connectivity index (χ4n) is 1.86. The maximum Gasteiger partial charge on any atom is 0.239 e. The van der Waals surface area contributed by atoms with Gasteiger partial charge in [-0.25, -0.2) is 4.39 Å². The van der Waals surface area contributed by atoms with Crippen LogP contribution >= 0.6 is 12.4 Å². The molecule has 2 N–H and O–H groups in total. The zero-order chi connectivity index (χ0) is 15.1. The summed E-state index contributed by atoms with van der Waals surface area (Å²) in [5.41, 5.74) is 5.83. The highest BCUT2D eigenvalue weighted by atomic mass is 35.5. The molecule has 21 heavy (non-hydrogen) atoms. The number of carbonyl (C=O) groups is 1. The van der Waals surface area contributed by atoms with Gasteiger partial charge in [0.1, 0.15) is 6.61 Å². The first-order valence-electron chi connectivity index (χ1n) is 6.79. The summed E-state index contributed by atoms with van der Waals surface area (Å²) in [7, 11) is 1.67. The number of halogens is 2. The van der Waals surface area contributed by atoms with Gasteiger partial charge in [0, 0.05) is 7.05 Å². The number of nitrogens with two attached hydrogens (primary N) is 1.